The Morgan fingerprint density at radius 2 is 2.00 bits per heavy atom. The molecule has 1 N–H and O–H groups in total. The minimum Gasteiger partial charge on any atom is -0.391 e. The molecule has 1 aromatic heterocycles. The summed E-state index contributed by atoms with van der Waals surface area (Å²) in [6.45, 7) is 6.42. The van der Waals surface area contributed by atoms with E-state index in [2.05, 4.69) is 13.8 Å². The first-order chi connectivity index (χ1) is 9.86. The SMILES string of the molecule is Cc1cc(S(=O)(=O)N(CC(C)C)C2CCCC2)sc1CO. The molecular weight excluding hydrogens is 306 g/mol. The summed E-state index contributed by atoms with van der Waals surface area (Å²) < 4.78 is 28.1. The van der Waals surface area contributed by atoms with Gasteiger partial charge in [-0.25, -0.2) is 8.42 Å². The second kappa shape index (κ2) is 6.77. The number of aryl methyl sites for hydroxylation is 1. The number of aliphatic hydroxyl groups excluding tert-OH is 1. The van der Waals surface area contributed by atoms with Crippen LogP contribution >= 0.6 is 11.3 Å². The lowest BCUT2D eigenvalue weighted by Gasteiger charge is -2.29. The topological polar surface area (TPSA) is 57.6 Å². The highest BCUT2D eigenvalue weighted by Crippen LogP contribution is 2.33. The van der Waals surface area contributed by atoms with Crippen molar-refractivity contribution in [1.82, 2.24) is 4.31 Å². The van der Waals surface area contributed by atoms with Crippen molar-refractivity contribution in [3.63, 3.8) is 0 Å². The molecule has 0 amide bonds. The molecular formula is C15H25NO3S2. The molecule has 1 aliphatic rings. The minimum absolute atomic E-state index is 0.0976. The summed E-state index contributed by atoms with van der Waals surface area (Å²) in [5.74, 6) is 0.304. The highest BCUT2D eigenvalue weighted by atomic mass is 32.2. The standard InChI is InChI=1S/C15H25NO3S2/c1-11(2)9-16(13-6-4-5-7-13)21(18,19)15-8-12(3)14(10-17)20-15/h8,11,13,17H,4-7,9-10H2,1-3H3. The summed E-state index contributed by atoms with van der Waals surface area (Å²) in [4.78, 5) is 0.740. The van der Waals surface area contributed by atoms with E-state index in [1.807, 2.05) is 6.92 Å². The van der Waals surface area contributed by atoms with Gasteiger partial charge in [0.05, 0.1) is 6.61 Å². The van der Waals surface area contributed by atoms with Gasteiger partial charge in [0.1, 0.15) is 4.21 Å². The van der Waals surface area contributed by atoms with Crippen molar-refractivity contribution < 1.29 is 13.5 Å². The number of sulfonamides is 1. The number of aliphatic hydroxyl groups is 1. The molecule has 0 bridgehead atoms. The Morgan fingerprint density at radius 3 is 2.48 bits per heavy atom. The molecule has 1 fully saturated rings. The molecule has 1 heterocycles. The number of thiophene rings is 1. The number of nitrogens with zero attached hydrogens (tertiary/aromatic N) is 1. The predicted molar refractivity (Wildman–Crippen MR) is 86.0 cm³/mol. The van der Waals surface area contributed by atoms with E-state index in [0.29, 0.717) is 16.7 Å². The molecule has 21 heavy (non-hydrogen) atoms. The van der Waals surface area contributed by atoms with Crippen LogP contribution in [-0.2, 0) is 16.6 Å². The van der Waals surface area contributed by atoms with Gasteiger partial charge in [-0.05, 0) is 37.3 Å². The third-order valence-corrected chi connectivity index (χ3v) is 7.57. The Labute approximate surface area is 131 Å². The van der Waals surface area contributed by atoms with E-state index in [4.69, 9.17) is 0 Å². The Bertz CT molecular complexity index is 572. The lowest BCUT2D eigenvalue weighted by molar-refractivity contribution is 0.285. The van der Waals surface area contributed by atoms with Crippen LogP contribution in [0, 0.1) is 12.8 Å². The fraction of sp³-hybridized carbons (Fsp3) is 0.733. The average molecular weight is 332 g/mol. The van der Waals surface area contributed by atoms with Gasteiger partial charge in [0.15, 0.2) is 0 Å². The third-order valence-electron chi connectivity index (χ3n) is 3.98. The molecule has 1 aliphatic carbocycles. The predicted octanol–water partition coefficient (Wildman–Crippen LogP) is 3.14. The summed E-state index contributed by atoms with van der Waals surface area (Å²) in [5, 5.41) is 9.30. The van der Waals surface area contributed by atoms with Crippen molar-refractivity contribution in [2.75, 3.05) is 6.54 Å². The van der Waals surface area contributed by atoms with Crippen molar-refractivity contribution >= 4 is 21.4 Å². The summed E-state index contributed by atoms with van der Waals surface area (Å²) >= 11 is 1.20. The van der Waals surface area contributed by atoms with E-state index in [-0.39, 0.29) is 12.6 Å². The largest absolute Gasteiger partial charge is 0.391 e. The van der Waals surface area contributed by atoms with Crippen molar-refractivity contribution in [2.24, 2.45) is 5.92 Å². The summed E-state index contributed by atoms with van der Waals surface area (Å²) in [5.41, 5.74) is 0.858. The van der Waals surface area contributed by atoms with Crippen LogP contribution in [0.5, 0.6) is 0 Å². The van der Waals surface area contributed by atoms with Crippen LogP contribution in [0.1, 0.15) is 50.0 Å². The highest BCUT2D eigenvalue weighted by molar-refractivity contribution is 7.91. The zero-order valence-corrected chi connectivity index (χ0v) is 14.6. The molecule has 0 saturated heterocycles. The zero-order chi connectivity index (χ0) is 15.6. The quantitative estimate of drug-likeness (QED) is 0.871. The average Bonchev–Trinajstić information content (AvgIpc) is 3.04. The van der Waals surface area contributed by atoms with Gasteiger partial charge in [-0.3, -0.25) is 0 Å². The molecule has 2 rings (SSSR count). The monoisotopic (exact) mass is 331 g/mol. The van der Waals surface area contributed by atoms with Gasteiger partial charge in [0, 0.05) is 17.5 Å². The maximum Gasteiger partial charge on any atom is 0.252 e. The Morgan fingerprint density at radius 1 is 1.38 bits per heavy atom. The number of hydrogen-bond donors (Lipinski definition) is 1. The Hall–Kier alpha value is -0.430. The van der Waals surface area contributed by atoms with E-state index in [0.717, 1.165) is 36.1 Å². The van der Waals surface area contributed by atoms with E-state index >= 15 is 0 Å². The lowest BCUT2D eigenvalue weighted by atomic mass is 10.2. The van der Waals surface area contributed by atoms with E-state index in [1.165, 1.54) is 11.3 Å². The van der Waals surface area contributed by atoms with Crippen molar-refractivity contribution in [3.8, 4) is 0 Å². The first-order valence-corrected chi connectivity index (χ1v) is 9.84. The maximum absolute atomic E-state index is 13.0. The van der Waals surface area contributed by atoms with Gasteiger partial charge >= 0.3 is 0 Å². The third kappa shape index (κ3) is 3.67. The molecule has 0 aliphatic heterocycles. The van der Waals surface area contributed by atoms with E-state index in [1.54, 1.807) is 10.4 Å². The fourth-order valence-electron chi connectivity index (χ4n) is 2.88. The Kier molecular flexibility index (Phi) is 5.46. The molecule has 0 spiro atoms. The molecule has 0 aromatic carbocycles. The van der Waals surface area contributed by atoms with Gasteiger partial charge in [-0.2, -0.15) is 4.31 Å². The van der Waals surface area contributed by atoms with Crippen LogP contribution in [0.3, 0.4) is 0 Å². The van der Waals surface area contributed by atoms with E-state index in [9.17, 15) is 13.5 Å². The van der Waals surface area contributed by atoms with Gasteiger partial charge in [0.2, 0.25) is 0 Å². The molecule has 0 radical (unpaired) electrons. The van der Waals surface area contributed by atoms with Crippen LogP contribution in [0.15, 0.2) is 10.3 Å². The van der Waals surface area contributed by atoms with Crippen molar-refractivity contribution in [3.05, 3.63) is 16.5 Å². The molecule has 0 atom stereocenters. The molecule has 1 saturated carbocycles. The van der Waals surface area contributed by atoms with Crippen LogP contribution < -0.4 is 0 Å². The fourth-order valence-corrected chi connectivity index (χ4v) is 6.31. The second-order valence-electron chi connectivity index (χ2n) is 6.24. The van der Waals surface area contributed by atoms with Crippen molar-refractivity contribution in [1.29, 1.82) is 0 Å². The van der Waals surface area contributed by atoms with E-state index < -0.39 is 10.0 Å². The zero-order valence-electron chi connectivity index (χ0n) is 13.0. The number of rotatable bonds is 6. The van der Waals surface area contributed by atoms with Gasteiger partial charge in [-0.1, -0.05) is 26.7 Å². The first-order valence-electron chi connectivity index (χ1n) is 7.58. The normalized spacial score (nSPS) is 17.2. The summed E-state index contributed by atoms with van der Waals surface area (Å²) in [6, 6.07) is 1.84. The first kappa shape index (κ1) is 16.9. The van der Waals surface area contributed by atoms with Gasteiger partial charge in [-0.15, -0.1) is 11.3 Å². The van der Waals surface area contributed by atoms with Crippen LogP contribution in [0.4, 0.5) is 0 Å². The minimum atomic E-state index is -3.45. The van der Waals surface area contributed by atoms with Gasteiger partial charge in [0.25, 0.3) is 10.0 Å². The Balaban J connectivity index is 2.35. The maximum atomic E-state index is 13.0. The van der Waals surface area contributed by atoms with Gasteiger partial charge < -0.3 is 5.11 Å². The molecule has 0 unspecified atom stereocenters. The van der Waals surface area contributed by atoms with Crippen molar-refractivity contribution in [2.45, 2.75) is 63.3 Å². The molecule has 6 heteroatoms. The number of hydrogen-bond acceptors (Lipinski definition) is 4. The van der Waals surface area contributed by atoms with Crippen LogP contribution in [0.25, 0.3) is 0 Å². The summed E-state index contributed by atoms with van der Waals surface area (Å²) in [7, 11) is -3.45. The lowest BCUT2D eigenvalue weighted by Crippen LogP contribution is -2.40. The molecule has 120 valence electrons. The molecule has 4 nitrogen and oxygen atoms in total. The second-order valence-corrected chi connectivity index (χ2v) is 9.49. The molecule has 1 aromatic rings. The van der Waals surface area contributed by atoms with Crippen LogP contribution in [-0.4, -0.2) is 30.4 Å². The summed E-state index contributed by atoms with van der Waals surface area (Å²) in [6.07, 6.45) is 4.15. The smallest absolute Gasteiger partial charge is 0.252 e. The van der Waals surface area contributed by atoms with Crippen LogP contribution in [0.2, 0.25) is 0 Å². The highest BCUT2D eigenvalue weighted by Gasteiger charge is 2.34.